The van der Waals surface area contributed by atoms with Crippen molar-refractivity contribution in [2.75, 3.05) is 20.8 Å². The lowest BCUT2D eigenvalue weighted by Gasteiger charge is -2.42. The number of rotatable bonds is 10. The number of carbonyl (C=O) groups is 2. The summed E-state index contributed by atoms with van der Waals surface area (Å²) >= 11 is 6.93. The predicted octanol–water partition coefficient (Wildman–Crippen LogP) is 7.63. The molecule has 2 heterocycles. The number of benzene rings is 4. The maximum Gasteiger partial charge on any atom is 0.408 e. The Morgan fingerprint density at radius 2 is 1.58 bits per heavy atom. The number of alkyl carbamates (subject to hydrolysis) is 1. The highest BCUT2D eigenvalue weighted by molar-refractivity contribution is 6.31. The minimum Gasteiger partial charge on any atom is -0.493 e. The van der Waals surface area contributed by atoms with E-state index in [4.69, 9.17) is 35.3 Å². The van der Waals surface area contributed by atoms with Crippen LogP contribution in [0.2, 0.25) is 5.02 Å². The molecule has 2 aliphatic heterocycles. The fourth-order valence-electron chi connectivity index (χ4n) is 6.61. The van der Waals surface area contributed by atoms with Crippen LogP contribution in [-0.4, -0.2) is 49.4 Å². The normalized spacial score (nSPS) is 15.8. The summed E-state index contributed by atoms with van der Waals surface area (Å²) in [6, 6.07) is 24.3. The van der Waals surface area contributed by atoms with Gasteiger partial charge in [0.15, 0.2) is 23.0 Å². The van der Waals surface area contributed by atoms with E-state index in [0.29, 0.717) is 47.6 Å². The Bertz CT molecular complexity index is 1840. The predicted molar refractivity (Wildman–Crippen MR) is 191 cm³/mol. The van der Waals surface area contributed by atoms with E-state index in [-0.39, 0.29) is 12.5 Å². The first kappa shape index (κ1) is 35.1. The van der Waals surface area contributed by atoms with Gasteiger partial charge in [0.2, 0.25) is 0 Å². The second kappa shape index (κ2) is 15.0. The van der Waals surface area contributed by atoms with Gasteiger partial charge in [0.25, 0.3) is 0 Å². The van der Waals surface area contributed by atoms with Gasteiger partial charge < -0.3 is 29.0 Å². The van der Waals surface area contributed by atoms with Gasteiger partial charge in [0.05, 0.1) is 14.2 Å². The zero-order valence-electron chi connectivity index (χ0n) is 29.1. The van der Waals surface area contributed by atoms with E-state index in [1.54, 1.807) is 33.9 Å². The van der Waals surface area contributed by atoms with Crippen LogP contribution in [-0.2, 0) is 41.9 Å². The van der Waals surface area contributed by atoms with Crippen LogP contribution in [0, 0.1) is 0 Å². The number of fused-ring (bicyclic) bond motifs is 4. The number of esters is 1. The lowest BCUT2D eigenvalue weighted by atomic mass is 9.83. The largest absolute Gasteiger partial charge is 0.493 e. The van der Waals surface area contributed by atoms with Crippen LogP contribution in [0.25, 0.3) is 0 Å². The van der Waals surface area contributed by atoms with Crippen LogP contribution >= 0.6 is 11.6 Å². The van der Waals surface area contributed by atoms with E-state index in [9.17, 15) is 9.59 Å². The quantitative estimate of drug-likeness (QED) is 0.133. The van der Waals surface area contributed by atoms with Gasteiger partial charge in [-0.1, -0.05) is 72.3 Å². The van der Waals surface area contributed by atoms with E-state index in [1.165, 1.54) is 12.7 Å². The summed E-state index contributed by atoms with van der Waals surface area (Å²) in [7, 11) is 3.18. The third-order valence-electron chi connectivity index (χ3n) is 8.98. The second-order valence-corrected chi connectivity index (χ2v) is 14.0. The molecule has 9 nitrogen and oxygen atoms in total. The molecular weight excluding hydrogens is 656 g/mol. The zero-order chi connectivity index (χ0) is 35.4. The van der Waals surface area contributed by atoms with Gasteiger partial charge in [-0.25, -0.2) is 9.59 Å². The summed E-state index contributed by atoms with van der Waals surface area (Å²) in [6.45, 7) is 6.98. The molecule has 0 aromatic heterocycles. The van der Waals surface area contributed by atoms with Crippen LogP contribution in [0.15, 0.2) is 78.9 Å². The van der Waals surface area contributed by atoms with Crippen molar-refractivity contribution in [3.63, 3.8) is 0 Å². The first-order valence-corrected chi connectivity index (χ1v) is 17.2. The van der Waals surface area contributed by atoms with Crippen molar-refractivity contribution < 1.29 is 33.3 Å². The topological polar surface area (TPSA) is 95.6 Å². The lowest BCUT2D eigenvalue weighted by molar-refractivity contribution is -0.137. The highest BCUT2D eigenvalue weighted by atomic mass is 35.5. The molecule has 6 rings (SSSR count). The number of hydrogen-bond acceptors (Lipinski definition) is 8. The summed E-state index contributed by atoms with van der Waals surface area (Å²) < 4.78 is 29.4. The standard InChI is InChI=1S/C40H43ClN2O7/c1-40(2,3)50-39(45)42-32(18-25-12-8-6-9-13-25)38(44)49-37-30-23-43-17-16-27-19-34(46-4)35(48-24-26-14-10-7-11-15-26)21-28(27)33(43)20-29(30)31(41)22-36(37)47-5/h6-15,19,21-22,32-33H,16-18,20,23-24H2,1-5H3,(H,42,45)/t32-,33?/m0/s1. The number of halogens is 1. The molecule has 0 saturated heterocycles. The highest BCUT2D eigenvalue weighted by Crippen LogP contribution is 2.48. The highest BCUT2D eigenvalue weighted by Gasteiger charge is 2.37. The third kappa shape index (κ3) is 8.01. The average molecular weight is 699 g/mol. The third-order valence-corrected chi connectivity index (χ3v) is 9.32. The van der Waals surface area contributed by atoms with E-state index in [2.05, 4.69) is 22.3 Å². The molecule has 4 aromatic rings. The molecule has 0 saturated carbocycles. The monoisotopic (exact) mass is 698 g/mol. The molecule has 4 aromatic carbocycles. The summed E-state index contributed by atoms with van der Waals surface area (Å²) in [5.41, 5.74) is 5.20. The van der Waals surface area contributed by atoms with Crippen LogP contribution in [0.3, 0.4) is 0 Å². The number of ether oxygens (including phenoxy) is 5. The molecule has 0 fully saturated rings. The number of amides is 1. The Kier molecular flexibility index (Phi) is 10.6. The van der Waals surface area contributed by atoms with Crippen molar-refractivity contribution in [3.05, 3.63) is 117 Å². The molecule has 2 atom stereocenters. The van der Waals surface area contributed by atoms with Gasteiger partial charge in [0.1, 0.15) is 18.2 Å². The van der Waals surface area contributed by atoms with E-state index < -0.39 is 23.7 Å². The zero-order valence-corrected chi connectivity index (χ0v) is 29.8. The minimum absolute atomic E-state index is 0.0188. The summed E-state index contributed by atoms with van der Waals surface area (Å²) in [4.78, 5) is 29.2. The molecule has 0 aliphatic carbocycles. The minimum atomic E-state index is -1.02. The summed E-state index contributed by atoms with van der Waals surface area (Å²) in [5, 5.41) is 3.26. The van der Waals surface area contributed by atoms with Gasteiger partial charge >= 0.3 is 12.1 Å². The maximum absolute atomic E-state index is 13.9. The van der Waals surface area contributed by atoms with Crippen LogP contribution < -0.4 is 24.3 Å². The van der Waals surface area contributed by atoms with Crippen molar-refractivity contribution in [2.45, 2.75) is 70.9 Å². The molecule has 1 N–H and O–H groups in total. The molecule has 0 bridgehead atoms. The van der Waals surface area contributed by atoms with E-state index in [1.807, 2.05) is 60.7 Å². The van der Waals surface area contributed by atoms with Crippen molar-refractivity contribution in [2.24, 2.45) is 0 Å². The SMILES string of the molecule is COc1cc2c(cc1OCc1ccccc1)C1Cc3c(Cl)cc(OC)c(OC(=O)[C@H](Cc4ccccc4)NC(=O)OC(C)(C)C)c3CN1CC2. The molecule has 50 heavy (non-hydrogen) atoms. The average Bonchev–Trinajstić information content (AvgIpc) is 3.10. The molecule has 2 aliphatic rings. The van der Waals surface area contributed by atoms with Gasteiger partial charge in [-0.3, -0.25) is 4.90 Å². The first-order valence-electron chi connectivity index (χ1n) is 16.8. The van der Waals surface area contributed by atoms with Crippen molar-refractivity contribution >= 4 is 23.7 Å². The van der Waals surface area contributed by atoms with E-state index >= 15 is 0 Å². The van der Waals surface area contributed by atoms with Crippen molar-refractivity contribution in [3.8, 4) is 23.0 Å². The molecule has 1 unspecified atom stereocenters. The molecule has 1 amide bonds. The van der Waals surface area contributed by atoms with Crippen LogP contribution in [0.5, 0.6) is 23.0 Å². The second-order valence-electron chi connectivity index (χ2n) is 13.6. The summed E-state index contributed by atoms with van der Waals surface area (Å²) in [5.74, 6) is 1.38. The van der Waals surface area contributed by atoms with Crippen molar-refractivity contribution in [1.82, 2.24) is 10.2 Å². The molecule has 0 spiro atoms. The van der Waals surface area contributed by atoms with Gasteiger partial charge in [-0.2, -0.15) is 0 Å². The maximum atomic E-state index is 13.9. The number of carbonyl (C=O) groups excluding carboxylic acids is 2. The molecular formula is C40H43ClN2O7. The Balaban J connectivity index is 1.30. The number of nitrogens with one attached hydrogen (secondary N) is 1. The lowest BCUT2D eigenvalue weighted by Crippen LogP contribution is -2.46. The smallest absolute Gasteiger partial charge is 0.408 e. The van der Waals surface area contributed by atoms with Gasteiger partial charge in [-0.15, -0.1) is 0 Å². The number of methoxy groups -OCH3 is 2. The molecule has 0 radical (unpaired) electrons. The fourth-order valence-corrected chi connectivity index (χ4v) is 6.90. The Morgan fingerprint density at radius 3 is 2.24 bits per heavy atom. The summed E-state index contributed by atoms with van der Waals surface area (Å²) in [6.07, 6.45) is 0.894. The Labute approximate surface area is 298 Å². The fraction of sp³-hybridized carbons (Fsp3) is 0.350. The number of nitrogens with zero attached hydrogens (tertiary/aromatic N) is 1. The van der Waals surface area contributed by atoms with Crippen LogP contribution in [0.1, 0.15) is 60.2 Å². The Morgan fingerprint density at radius 1 is 0.900 bits per heavy atom. The van der Waals surface area contributed by atoms with E-state index in [0.717, 1.165) is 40.8 Å². The molecule has 262 valence electrons. The van der Waals surface area contributed by atoms with Crippen molar-refractivity contribution in [1.29, 1.82) is 0 Å². The number of hydrogen-bond donors (Lipinski definition) is 1. The Hall–Kier alpha value is -4.73. The van der Waals surface area contributed by atoms with Gasteiger partial charge in [-0.05, 0) is 73.6 Å². The first-order chi connectivity index (χ1) is 24.0. The molecule has 10 heteroatoms. The van der Waals surface area contributed by atoms with Gasteiger partial charge in [0, 0.05) is 42.2 Å². The van der Waals surface area contributed by atoms with Crippen LogP contribution in [0.4, 0.5) is 4.79 Å².